The van der Waals surface area contributed by atoms with Crippen molar-refractivity contribution in [3.63, 3.8) is 0 Å². The van der Waals surface area contributed by atoms with Crippen molar-refractivity contribution in [2.75, 3.05) is 5.73 Å². The number of hydrogen-bond acceptors (Lipinski definition) is 7. The van der Waals surface area contributed by atoms with Crippen LogP contribution in [0.4, 0.5) is 5.69 Å². The number of nitrogens with zero attached hydrogens (tertiary/aromatic N) is 1. The van der Waals surface area contributed by atoms with Gasteiger partial charge in [0.2, 0.25) is 5.76 Å². The fourth-order valence-corrected chi connectivity index (χ4v) is 9.59. The van der Waals surface area contributed by atoms with E-state index in [2.05, 4.69) is 13.8 Å². The van der Waals surface area contributed by atoms with Crippen molar-refractivity contribution in [1.82, 2.24) is 0 Å². The lowest BCUT2D eigenvalue weighted by molar-refractivity contribution is -0.188. The van der Waals surface area contributed by atoms with Crippen molar-refractivity contribution in [1.29, 1.82) is 5.26 Å². The minimum absolute atomic E-state index is 0.0692. The summed E-state index contributed by atoms with van der Waals surface area (Å²) < 4.78 is 24.4. The number of nitriles is 1. The molecule has 194 valence electrons. The maximum Gasteiger partial charge on any atom is 0.258 e. The Morgan fingerprint density at radius 2 is 1.57 bits per heavy atom. The largest absolute Gasteiger partial charge is 0.451 e. The maximum absolute atomic E-state index is 12.5. The molecule has 2 aliphatic heterocycles. The van der Waals surface area contributed by atoms with E-state index >= 15 is 0 Å². The van der Waals surface area contributed by atoms with Crippen LogP contribution in [-0.2, 0) is 14.2 Å². The Hall–Kier alpha value is -2.93. The minimum Gasteiger partial charge on any atom is -0.451 e. The average molecular weight is 519 g/mol. The van der Waals surface area contributed by atoms with Crippen molar-refractivity contribution in [3.8, 4) is 6.07 Å². The Balaban J connectivity index is 1.43. The zero-order chi connectivity index (χ0) is 26.4. The third-order valence-electron chi connectivity index (χ3n) is 7.83. The molecule has 2 aromatic carbocycles. The van der Waals surface area contributed by atoms with Crippen LogP contribution >= 0.6 is 0 Å². The average Bonchev–Trinajstić information content (AvgIpc) is 3.52. The lowest BCUT2D eigenvalue weighted by Crippen LogP contribution is -2.65. The second kappa shape index (κ2) is 9.42. The summed E-state index contributed by atoms with van der Waals surface area (Å²) in [6.45, 7) is 8.07. The molecule has 2 saturated heterocycles. The zero-order valence-electron chi connectivity index (χ0n) is 21.7. The van der Waals surface area contributed by atoms with Crippen LogP contribution in [-0.4, -0.2) is 37.2 Å². The highest BCUT2D eigenvalue weighted by Crippen LogP contribution is 2.50. The van der Waals surface area contributed by atoms with Gasteiger partial charge in [0.1, 0.15) is 30.6 Å². The molecule has 0 spiro atoms. The number of fused-ring (bicyclic) bond motifs is 1. The molecule has 5 rings (SSSR count). The molecule has 2 aliphatic rings. The molecular formula is C29H34N2O5Si. The number of ether oxygens (including phenoxy) is 3. The van der Waals surface area contributed by atoms with Crippen molar-refractivity contribution in [2.45, 2.75) is 75.8 Å². The lowest BCUT2D eigenvalue weighted by Gasteiger charge is -2.42. The molecule has 4 atom stereocenters. The van der Waals surface area contributed by atoms with Crippen LogP contribution < -0.4 is 16.1 Å². The number of furan rings is 1. The van der Waals surface area contributed by atoms with Crippen LogP contribution in [0.25, 0.3) is 0 Å². The van der Waals surface area contributed by atoms with Crippen LogP contribution in [0.15, 0.2) is 71.3 Å². The highest BCUT2D eigenvalue weighted by molar-refractivity contribution is 6.98. The van der Waals surface area contributed by atoms with Crippen molar-refractivity contribution in [3.05, 3.63) is 78.3 Å². The molecule has 0 unspecified atom stereocenters. The Kier molecular flexibility index (Phi) is 6.55. The number of benzene rings is 2. The van der Waals surface area contributed by atoms with Gasteiger partial charge in [0.05, 0.1) is 11.8 Å². The van der Waals surface area contributed by atoms with Gasteiger partial charge in [-0.25, -0.2) is 0 Å². The highest BCUT2D eigenvalue weighted by atomic mass is 28.4. The molecule has 37 heavy (non-hydrogen) atoms. The summed E-state index contributed by atoms with van der Waals surface area (Å²) >= 11 is 0. The number of hydrogen-bond donors (Lipinski definition) is 2. The quantitative estimate of drug-likeness (QED) is 0.455. The third kappa shape index (κ3) is 4.41. The minimum atomic E-state index is -3.15. The molecule has 0 bridgehead atoms. The molecule has 0 aliphatic carbocycles. The summed E-state index contributed by atoms with van der Waals surface area (Å²) in [5.41, 5.74) is 7.08. The van der Waals surface area contributed by atoms with E-state index in [0.717, 1.165) is 10.4 Å². The van der Waals surface area contributed by atoms with Gasteiger partial charge in [-0.1, -0.05) is 74.5 Å². The van der Waals surface area contributed by atoms with Crippen molar-refractivity contribution in [2.24, 2.45) is 0 Å². The predicted octanol–water partition coefficient (Wildman–Crippen LogP) is 4.01. The van der Waals surface area contributed by atoms with Crippen LogP contribution in [0.2, 0.25) is 5.04 Å². The number of anilines is 1. The molecule has 7 nitrogen and oxygen atoms in total. The molecule has 3 N–H and O–H groups in total. The van der Waals surface area contributed by atoms with Gasteiger partial charge in [-0.05, 0) is 42.1 Å². The molecule has 2 fully saturated rings. The predicted molar refractivity (Wildman–Crippen MR) is 143 cm³/mol. The van der Waals surface area contributed by atoms with E-state index in [1.165, 1.54) is 6.26 Å². The smallest absolute Gasteiger partial charge is 0.258 e. The molecule has 0 radical (unpaired) electrons. The normalized spacial score (nSPS) is 25.1. The van der Waals surface area contributed by atoms with Crippen molar-refractivity contribution < 1.29 is 23.4 Å². The Morgan fingerprint density at radius 3 is 2.11 bits per heavy atom. The van der Waals surface area contributed by atoms with Gasteiger partial charge in [-0.3, -0.25) is 0 Å². The van der Waals surface area contributed by atoms with Gasteiger partial charge in [0.15, 0.2) is 5.79 Å². The summed E-state index contributed by atoms with van der Waals surface area (Å²) in [6, 6.07) is 22.0. The van der Waals surface area contributed by atoms with E-state index in [-0.39, 0.29) is 29.8 Å². The molecule has 0 saturated carbocycles. The number of nitrogen functional groups attached to an aromatic ring is 1. The first-order valence-corrected chi connectivity index (χ1v) is 14.6. The van der Waals surface area contributed by atoms with Crippen molar-refractivity contribution >= 4 is 24.4 Å². The summed E-state index contributed by atoms with van der Waals surface area (Å²) in [6.07, 6.45) is 1.36. The van der Waals surface area contributed by atoms with Gasteiger partial charge >= 0.3 is 0 Å². The summed E-state index contributed by atoms with van der Waals surface area (Å²) in [5, 5.41) is 10.8. The standard InChI is InChI=1S/C29H34N2O5Si/c1-28(2,37(32,19-11-7-5-8-12-19)20-13-9-6-10-14-20)16-15-22-26-27(36-29(3,4)35-26)25(34-22)21-18-33-23(17-30)24(21)31/h5-14,18,22,25-27,32H,15-16,31H2,1-4H3/t22-,25+,26-,27+/m1/s1. The first-order valence-electron chi connectivity index (χ1n) is 12.7. The topological polar surface area (TPSA) is 111 Å². The van der Waals surface area contributed by atoms with E-state index in [1.54, 1.807) is 0 Å². The van der Waals surface area contributed by atoms with Crippen LogP contribution in [0.3, 0.4) is 0 Å². The van der Waals surface area contributed by atoms with Crippen LogP contribution in [0, 0.1) is 11.3 Å². The van der Waals surface area contributed by atoms with E-state index < -0.39 is 25.2 Å². The van der Waals surface area contributed by atoms with Crippen LogP contribution in [0.1, 0.15) is 58.0 Å². The maximum atomic E-state index is 12.5. The Bertz CT molecular complexity index is 1250. The molecule has 8 heteroatoms. The molecule has 3 heterocycles. The summed E-state index contributed by atoms with van der Waals surface area (Å²) in [7, 11) is -3.15. The van der Waals surface area contributed by atoms with Gasteiger partial charge in [-0.15, -0.1) is 0 Å². The van der Waals surface area contributed by atoms with Crippen LogP contribution in [0.5, 0.6) is 0 Å². The first kappa shape index (κ1) is 25.7. The van der Waals surface area contributed by atoms with Gasteiger partial charge in [0, 0.05) is 5.56 Å². The molecule has 1 aromatic heterocycles. The van der Waals surface area contributed by atoms with E-state index in [9.17, 15) is 10.1 Å². The molecular weight excluding hydrogens is 484 g/mol. The zero-order valence-corrected chi connectivity index (χ0v) is 22.7. The SMILES string of the molecule is CC1(C)O[C@@H]2[C@H](O1)[C@@H](CCC(C)(C)[Si](O)(c1ccccc1)c1ccccc1)O[C@H]2c1coc(C#N)c1N. The van der Waals surface area contributed by atoms with Gasteiger partial charge in [0.25, 0.3) is 8.32 Å². The first-order chi connectivity index (χ1) is 17.6. The fourth-order valence-electron chi connectivity index (χ4n) is 5.84. The summed E-state index contributed by atoms with van der Waals surface area (Å²) in [5.74, 6) is -0.703. The van der Waals surface area contributed by atoms with Gasteiger partial charge in [-0.2, -0.15) is 5.26 Å². The second-order valence-electron chi connectivity index (χ2n) is 11.1. The third-order valence-corrected chi connectivity index (χ3v) is 12.4. The van der Waals surface area contributed by atoms with Gasteiger partial charge < -0.3 is 29.2 Å². The number of rotatable bonds is 7. The monoisotopic (exact) mass is 518 g/mol. The summed E-state index contributed by atoms with van der Waals surface area (Å²) in [4.78, 5) is 12.5. The van der Waals surface area contributed by atoms with E-state index in [4.69, 9.17) is 24.4 Å². The highest BCUT2D eigenvalue weighted by Gasteiger charge is 2.57. The van der Waals surface area contributed by atoms with E-state index in [0.29, 0.717) is 18.4 Å². The second-order valence-corrected chi connectivity index (χ2v) is 15.0. The number of nitrogens with two attached hydrogens (primary N) is 1. The Morgan fingerprint density at radius 1 is 1.00 bits per heavy atom. The lowest BCUT2D eigenvalue weighted by atomic mass is 9.98. The van der Waals surface area contributed by atoms with E-state index in [1.807, 2.05) is 80.6 Å². The molecule has 3 aromatic rings. The molecule has 0 amide bonds. The Labute approximate surface area is 218 Å². The fraction of sp³-hybridized carbons (Fsp3) is 0.414.